The Morgan fingerprint density at radius 1 is 1.08 bits per heavy atom. The number of halogens is 2. The maximum absolute atomic E-state index is 12.4. The number of carbonyl (C=O) groups is 2. The first-order valence-electron chi connectivity index (χ1n) is 7.81. The number of carboxylic acids is 1. The zero-order valence-electron chi connectivity index (χ0n) is 13.5. The minimum atomic E-state index is -1.16. The summed E-state index contributed by atoms with van der Waals surface area (Å²) < 4.78 is 10.9. The highest BCUT2D eigenvalue weighted by Crippen LogP contribution is 2.31. The zero-order valence-corrected chi connectivity index (χ0v) is 15.0. The number of hydrogen-bond acceptors (Lipinski definition) is 4. The Morgan fingerprint density at radius 2 is 1.81 bits per heavy atom. The molecule has 0 radical (unpaired) electrons. The number of benzene rings is 2. The lowest BCUT2D eigenvalue weighted by Crippen LogP contribution is -2.42. The van der Waals surface area contributed by atoms with E-state index in [1.807, 2.05) is 0 Å². The van der Waals surface area contributed by atoms with Gasteiger partial charge in [0.05, 0.1) is 10.6 Å². The number of rotatable bonds is 5. The second-order valence-corrected chi connectivity index (χ2v) is 6.51. The van der Waals surface area contributed by atoms with Gasteiger partial charge in [-0.15, -0.1) is 0 Å². The standard InChI is InChI=1S/C18H15Cl2NO5/c19-11-2-3-13(20)12(9-11)17(22)21-14(18(23)24)7-10-1-4-15-16(8-10)26-6-5-25-15/h1-4,8-9,14H,5-7H2,(H,21,22)(H,23,24)/t14-/m0/s1. The van der Waals surface area contributed by atoms with E-state index >= 15 is 0 Å². The van der Waals surface area contributed by atoms with E-state index in [2.05, 4.69) is 5.32 Å². The van der Waals surface area contributed by atoms with Crippen LogP contribution in [-0.4, -0.2) is 36.2 Å². The third-order valence-electron chi connectivity index (χ3n) is 3.82. The lowest BCUT2D eigenvalue weighted by molar-refractivity contribution is -0.139. The molecule has 1 heterocycles. The van der Waals surface area contributed by atoms with Gasteiger partial charge in [0.15, 0.2) is 11.5 Å². The van der Waals surface area contributed by atoms with Gasteiger partial charge in [0.2, 0.25) is 0 Å². The van der Waals surface area contributed by atoms with Crippen LogP contribution in [0.3, 0.4) is 0 Å². The molecule has 0 aromatic heterocycles. The van der Waals surface area contributed by atoms with Gasteiger partial charge in [0.25, 0.3) is 5.91 Å². The summed E-state index contributed by atoms with van der Waals surface area (Å²) >= 11 is 11.9. The van der Waals surface area contributed by atoms with Crippen molar-refractivity contribution < 1.29 is 24.2 Å². The minimum absolute atomic E-state index is 0.0793. The molecule has 2 aromatic rings. The smallest absolute Gasteiger partial charge is 0.326 e. The molecule has 1 atom stereocenters. The lowest BCUT2D eigenvalue weighted by atomic mass is 10.0. The molecule has 6 nitrogen and oxygen atoms in total. The number of carbonyl (C=O) groups excluding carboxylic acids is 1. The first kappa shape index (κ1) is 18.4. The molecule has 0 saturated heterocycles. The lowest BCUT2D eigenvalue weighted by Gasteiger charge is -2.20. The average Bonchev–Trinajstić information content (AvgIpc) is 2.62. The number of amides is 1. The van der Waals surface area contributed by atoms with Gasteiger partial charge in [-0.1, -0.05) is 29.3 Å². The summed E-state index contributed by atoms with van der Waals surface area (Å²) in [7, 11) is 0. The molecule has 1 aliphatic rings. The molecule has 1 aliphatic heterocycles. The van der Waals surface area contributed by atoms with Crippen LogP contribution in [0, 0.1) is 0 Å². The Kier molecular flexibility index (Phi) is 5.54. The molecule has 0 fully saturated rings. The van der Waals surface area contributed by atoms with Crippen molar-refractivity contribution in [3.8, 4) is 11.5 Å². The maximum atomic E-state index is 12.4. The summed E-state index contributed by atoms with van der Waals surface area (Å²) in [6.45, 7) is 0.906. The van der Waals surface area contributed by atoms with Gasteiger partial charge >= 0.3 is 5.97 Å². The normalized spacial score (nSPS) is 13.8. The molecule has 0 aliphatic carbocycles. The number of hydrogen-bond donors (Lipinski definition) is 2. The van der Waals surface area contributed by atoms with Crippen LogP contribution in [0.1, 0.15) is 15.9 Å². The highest BCUT2D eigenvalue weighted by Gasteiger charge is 2.23. The van der Waals surface area contributed by atoms with E-state index in [9.17, 15) is 14.7 Å². The summed E-state index contributed by atoms with van der Waals surface area (Å²) in [5.41, 5.74) is 0.812. The third-order valence-corrected chi connectivity index (χ3v) is 4.39. The van der Waals surface area contributed by atoms with E-state index < -0.39 is 17.9 Å². The Balaban J connectivity index is 1.76. The van der Waals surface area contributed by atoms with E-state index in [1.54, 1.807) is 24.3 Å². The van der Waals surface area contributed by atoms with Crippen LogP contribution in [0.2, 0.25) is 10.0 Å². The summed E-state index contributed by atoms with van der Waals surface area (Å²) in [6.07, 6.45) is 0.0793. The molecular formula is C18H15Cl2NO5. The van der Waals surface area contributed by atoms with Crippen LogP contribution in [0.4, 0.5) is 0 Å². The molecule has 136 valence electrons. The Labute approximate surface area is 159 Å². The monoisotopic (exact) mass is 395 g/mol. The van der Waals surface area contributed by atoms with E-state index in [-0.39, 0.29) is 17.0 Å². The molecule has 3 rings (SSSR count). The van der Waals surface area contributed by atoms with Gasteiger partial charge in [-0.3, -0.25) is 4.79 Å². The number of nitrogens with one attached hydrogen (secondary N) is 1. The Hall–Kier alpha value is -2.44. The zero-order chi connectivity index (χ0) is 18.7. The number of fused-ring (bicyclic) bond motifs is 1. The van der Waals surface area contributed by atoms with Gasteiger partial charge < -0.3 is 19.9 Å². The average molecular weight is 396 g/mol. The number of ether oxygens (including phenoxy) is 2. The quantitative estimate of drug-likeness (QED) is 0.811. The first-order chi connectivity index (χ1) is 12.4. The van der Waals surface area contributed by atoms with Gasteiger partial charge in [0.1, 0.15) is 19.3 Å². The fraction of sp³-hybridized carbons (Fsp3) is 0.222. The molecule has 2 aromatic carbocycles. The molecule has 2 N–H and O–H groups in total. The molecule has 0 unspecified atom stereocenters. The topological polar surface area (TPSA) is 84.9 Å². The van der Waals surface area contributed by atoms with Gasteiger partial charge in [0, 0.05) is 11.4 Å². The van der Waals surface area contributed by atoms with Crippen LogP contribution >= 0.6 is 23.2 Å². The van der Waals surface area contributed by atoms with Crippen molar-refractivity contribution in [2.45, 2.75) is 12.5 Å². The van der Waals surface area contributed by atoms with Gasteiger partial charge in [-0.25, -0.2) is 4.79 Å². The minimum Gasteiger partial charge on any atom is -0.486 e. The second-order valence-electron chi connectivity index (χ2n) is 5.67. The van der Waals surface area contributed by atoms with Crippen molar-refractivity contribution in [1.29, 1.82) is 0 Å². The molecule has 8 heteroatoms. The fourth-order valence-electron chi connectivity index (χ4n) is 2.56. The van der Waals surface area contributed by atoms with Crippen LogP contribution in [0.25, 0.3) is 0 Å². The van der Waals surface area contributed by atoms with Gasteiger partial charge in [-0.05, 0) is 35.9 Å². The Bertz CT molecular complexity index is 855. The third kappa shape index (κ3) is 4.20. The van der Waals surface area contributed by atoms with E-state index in [1.165, 1.54) is 12.1 Å². The van der Waals surface area contributed by atoms with Crippen molar-refractivity contribution in [2.24, 2.45) is 0 Å². The first-order valence-corrected chi connectivity index (χ1v) is 8.57. The summed E-state index contributed by atoms with van der Waals surface area (Å²) in [5.74, 6) is -0.599. The second kappa shape index (κ2) is 7.85. The number of carboxylic acid groups (broad SMARTS) is 1. The predicted molar refractivity (Wildman–Crippen MR) is 96.5 cm³/mol. The van der Waals surface area contributed by atoms with Crippen LogP contribution in [0.15, 0.2) is 36.4 Å². The van der Waals surface area contributed by atoms with Crippen LogP contribution < -0.4 is 14.8 Å². The van der Waals surface area contributed by atoms with Crippen molar-refractivity contribution >= 4 is 35.1 Å². The van der Waals surface area contributed by atoms with Crippen LogP contribution in [-0.2, 0) is 11.2 Å². The fourth-order valence-corrected chi connectivity index (χ4v) is 2.93. The van der Waals surface area contributed by atoms with Crippen molar-refractivity contribution in [1.82, 2.24) is 5.32 Å². The van der Waals surface area contributed by atoms with Crippen molar-refractivity contribution in [3.63, 3.8) is 0 Å². The predicted octanol–water partition coefficient (Wildman–Crippen LogP) is 3.19. The molecule has 0 spiro atoms. The molecule has 0 saturated carbocycles. The van der Waals surface area contributed by atoms with E-state index in [0.29, 0.717) is 35.3 Å². The van der Waals surface area contributed by atoms with Crippen molar-refractivity contribution in [3.05, 3.63) is 57.6 Å². The highest BCUT2D eigenvalue weighted by atomic mass is 35.5. The maximum Gasteiger partial charge on any atom is 0.326 e. The molecular weight excluding hydrogens is 381 g/mol. The molecule has 0 bridgehead atoms. The summed E-state index contributed by atoms with van der Waals surface area (Å²) in [4.78, 5) is 24.0. The highest BCUT2D eigenvalue weighted by molar-refractivity contribution is 6.35. The van der Waals surface area contributed by atoms with Gasteiger partial charge in [-0.2, -0.15) is 0 Å². The largest absolute Gasteiger partial charge is 0.486 e. The van der Waals surface area contributed by atoms with Crippen molar-refractivity contribution in [2.75, 3.05) is 13.2 Å². The van der Waals surface area contributed by atoms with E-state index in [4.69, 9.17) is 32.7 Å². The number of aliphatic carboxylic acids is 1. The SMILES string of the molecule is O=C(N[C@@H](Cc1ccc2c(c1)OCCO2)C(=O)O)c1cc(Cl)ccc1Cl. The summed E-state index contributed by atoms with van der Waals surface area (Å²) in [5, 5.41) is 12.5. The van der Waals surface area contributed by atoms with Crippen LogP contribution in [0.5, 0.6) is 11.5 Å². The van der Waals surface area contributed by atoms with E-state index in [0.717, 1.165) is 0 Å². The summed E-state index contributed by atoms with van der Waals surface area (Å²) in [6, 6.07) is 8.45. The molecule has 1 amide bonds. The molecule has 26 heavy (non-hydrogen) atoms. The Morgan fingerprint density at radius 3 is 2.54 bits per heavy atom.